The van der Waals surface area contributed by atoms with Crippen LogP contribution in [0.15, 0.2) is 54.6 Å². The summed E-state index contributed by atoms with van der Waals surface area (Å²) in [4.78, 5) is 31.9. The van der Waals surface area contributed by atoms with Crippen LogP contribution in [0.4, 0.5) is 0 Å². The molecule has 0 aromatic heterocycles. The van der Waals surface area contributed by atoms with Crippen molar-refractivity contribution in [3.05, 3.63) is 71.3 Å². The van der Waals surface area contributed by atoms with Gasteiger partial charge in [-0.3, -0.25) is 14.5 Å². The Morgan fingerprint density at radius 1 is 1.03 bits per heavy atom. The van der Waals surface area contributed by atoms with Gasteiger partial charge in [0, 0.05) is 58.3 Å². The zero-order valence-electron chi connectivity index (χ0n) is 19.9. The van der Waals surface area contributed by atoms with Crippen LogP contribution in [0.25, 0.3) is 0 Å². The minimum absolute atomic E-state index is 0.00717. The Balaban J connectivity index is 1.22. The molecule has 2 atom stereocenters. The average Bonchev–Trinajstić information content (AvgIpc) is 3.19. The molecule has 0 spiro atoms. The number of benzene rings is 2. The van der Waals surface area contributed by atoms with Crippen molar-refractivity contribution < 1.29 is 9.59 Å². The van der Waals surface area contributed by atoms with Crippen LogP contribution in [0.5, 0.6) is 0 Å². The minimum atomic E-state index is -0.247. The lowest BCUT2D eigenvalue weighted by atomic mass is 10.0. The lowest BCUT2D eigenvalue weighted by molar-refractivity contribution is -0.129. The van der Waals surface area contributed by atoms with Gasteiger partial charge in [0.1, 0.15) is 0 Å². The number of amides is 2. The van der Waals surface area contributed by atoms with E-state index in [2.05, 4.69) is 83.7 Å². The van der Waals surface area contributed by atoms with Gasteiger partial charge in [0.25, 0.3) is 0 Å². The molecule has 0 bridgehead atoms. The molecule has 2 amide bonds. The van der Waals surface area contributed by atoms with Gasteiger partial charge >= 0.3 is 0 Å². The van der Waals surface area contributed by atoms with Gasteiger partial charge in [-0.15, -0.1) is 0 Å². The summed E-state index contributed by atoms with van der Waals surface area (Å²) in [5.74, 6) is -0.171. The molecule has 2 saturated heterocycles. The monoisotopic (exact) mass is 448 g/mol. The van der Waals surface area contributed by atoms with Crippen LogP contribution in [0.3, 0.4) is 0 Å². The molecule has 2 aromatic rings. The number of likely N-dealkylation sites (tertiary alicyclic amines) is 1. The van der Waals surface area contributed by atoms with Crippen molar-refractivity contribution in [1.29, 1.82) is 0 Å². The standard InChI is InChI=1S/C27H36N4O2/c1-21-9-11-22(12-10-21)18-31-19-24(17-26(31)32)27(33)28-13-6-14-30-16-15-29(2)20-25(30)23-7-4-3-5-8-23/h3-5,7-12,24-25H,6,13-20H2,1-2H3,(H,28,33). The number of aryl methyl sites for hydroxylation is 1. The van der Waals surface area contributed by atoms with Gasteiger partial charge in [-0.25, -0.2) is 0 Å². The summed E-state index contributed by atoms with van der Waals surface area (Å²) in [6.07, 6.45) is 1.22. The zero-order valence-corrected chi connectivity index (χ0v) is 19.9. The molecule has 2 heterocycles. The Morgan fingerprint density at radius 2 is 1.79 bits per heavy atom. The van der Waals surface area contributed by atoms with Crippen LogP contribution in [-0.4, -0.2) is 72.8 Å². The van der Waals surface area contributed by atoms with E-state index in [0.29, 0.717) is 32.1 Å². The number of hydrogen-bond donors (Lipinski definition) is 1. The highest BCUT2D eigenvalue weighted by molar-refractivity contribution is 5.89. The minimum Gasteiger partial charge on any atom is -0.356 e. The first kappa shape index (κ1) is 23.5. The van der Waals surface area contributed by atoms with Crippen LogP contribution in [0, 0.1) is 12.8 Å². The first-order chi connectivity index (χ1) is 16.0. The highest BCUT2D eigenvalue weighted by Crippen LogP contribution is 2.25. The topological polar surface area (TPSA) is 55.9 Å². The summed E-state index contributed by atoms with van der Waals surface area (Å²) in [5, 5.41) is 3.09. The second kappa shape index (κ2) is 10.9. The summed E-state index contributed by atoms with van der Waals surface area (Å²) in [6, 6.07) is 19.3. The second-order valence-corrected chi connectivity index (χ2v) is 9.53. The quantitative estimate of drug-likeness (QED) is 0.631. The molecule has 0 aliphatic carbocycles. The van der Waals surface area contributed by atoms with Crippen LogP contribution < -0.4 is 5.32 Å². The van der Waals surface area contributed by atoms with Gasteiger partial charge in [-0.05, 0) is 31.5 Å². The molecule has 6 nitrogen and oxygen atoms in total. The summed E-state index contributed by atoms with van der Waals surface area (Å²) in [6.45, 7) is 7.87. The number of piperazine rings is 1. The Kier molecular flexibility index (Phi) is 7.78. The molecule has 2 aromatic carbocycles. The van der Waals surface area contributed by atoms with Crippen molar-refractivity contribution in [2.45, 2.75) is 32.4 Å². The largest absolute Gasteiger partial charge is 0.356 e. The number of likely N-dealkylation sites (N-methyl/N-ethyl adjacent to an activating group) is 1. The van der Waals surface area contributed by atoms with E-state index < -0.39 is 0 Å². The van der Waals surface area contributed by atoms with E-state index in [4.69, 9.17) is 0 Å². The Labute approximate surface area is 197 Å². The summed E-state index contributed by atoms with van der Waals surface area (Å²) < 4.78 is 0. The predicted molar refractivity (Wildman–Crippen MR) is 131 cm³/mol. The number of carbonyl (C=O) groups excluding carboxylic acids is 2. The fourth-order valence-electron chi connectivity index (χ4n) is 4.87. The van der Waals surface area contributed by atoms with Gasteiger partial charge in [0.2, 0.25) is 11.8 Å². The van der Waals surface area contributed by atoms with Crippen LogP contribution in [-0.2, 0) is 16.1 Å². The number of nitrogens with zero attached hydrogens (tertiary/aromatic N) is 3. The first-order valence-electron chi connectivity index (χ1n) is 12.1. The summed E-state index contributed by atoms with van der Waals surface area (Å²) >= 11 is 0. The van der Waals surface area contributed by atoms with E-state index in [0.717, 1.165) is 38.2 Å². The highest BCUT2D eigenvalue weighted by atomic mass is 16.2. The fourth-order valence-corrected chi connectivity index (χ4v) is 4.87. The molecule has 1 N–H and O–H groups in total. The van der Waals surface area contributed by atoms with Gasteiger partial charge in [0.05, 0.1) is 5.92 Å². The Morgan fingerprint density at radius 3 is 2.55 bits per heavy atom. The lowest BCUT2D eigenvalue weighted by Crippen LogP contribution is -2.47. The third-order valence-electron chi connectivity index (χ3n) is 6.88. The third-order valence-corrected chi connectivity index (χ3v) is 6.88. The van der Waals surface area contributed by atoms with E-state index in [1.165, 1.54) is 11.1 Å². The van der Waals surface area contributed by atoms with Crippen molar-refractivity contribution in [3.63, 3.8) is 0 Å². The van der Waals surface area contributed by atoms with Gasteiger partial charge in [-0.2, -0.15) is 0 Å². The van der Waals surface area contributed by atoms with Crippen LogP contribution >= 0.6 is 0 Å². The maximum atomic E-state index is 12.7. The molecule has 0 radical (unpaired) electrons. The molecule has 4 rings (SSSR count). The zero-order chi connectivity index (χ0) is 23.2. The second-order valence-electron chi connectivity index (χ2n) is 9.53. The number of rotatable bonds is 8. The highest BCUT2D eigenvalue weighted by Gasteiger charge is 2.34. The van der Waals surface area contributed by atoms with Crippen LogP contribution in [0.2, 0.25) is 0 Å². The number of carbonyl (C=O) groups is 2. The molecule has 2 fully saturated rings. The van der Waals surface area contributed by atoms with Crippen molar-refractivity contribution >= 4 is 11.8 Å². The van der Waals surface area contributed by atoms with E-state index in [-0.39, 0.29) is 17.7 Å². The fraction of sp³-hybridized carbons (Fsp3) is 0.481. The SMILES string of the molecule is Cc1ccc(CN2CC(C(=O)NCCCN3CCN(C)CC3c3ccccc3)CC2=O)cc1. The average molecular weight is 449 g/mol. The first-order valence-corrected chi connectivity index (χ1v) is 12.1. The molecule has 2 unspecified atom stereocenters. The predicted octanol–water partition coefficient (Wildman–Crippen LogP) is 2.84. The maximum absolute atomic E-state index is 12.7. The molecule has 33 heavy (non-hydrogen) atoms. The van der Waals surface area contributed by atoms with Gasteiger partial charge in [0.15, 0.2) is 0 Å². The van der Waals surface area contributed by atoms with Crippen molar-refractivity contribution in [3.8, 4) is 0 Å². The van der Waals surface area contributed by atoms with E-state index in [1.54, 1.807) is 0 Å². The molecule has 176 valence electrons. The van der Waals surface area contributed by atoms with E-state index in [1.807, 2.05) is 4.90 Å². The molecule has 0 saturated carbocycles. The van der Waals surface area contributed by atoms with Gasteiger partial charge in [-0.1, -0.05) is 60.2 Å². The maximum Gasteiger partial charge on any atom is 0.225 e. The summed E-state index contributed by atoms with van der Waals surface area (Å²) in [7, 11) is 2.18. The van der Waals surface area contributed by atoms with Crippen LogP contribution in [0.1, 0.15) is 35.6 Å². The smallest absolute Gasteiger partial charge is 0.225 e. The number of hydrogen-bond acceptors (Lipinski definition) is 4. The molecule has 2 aliphatic rings. The van der Waals surface area contributed by atoms with E-state index >= 15 is 0 Å². The van der Waals surface area contributed by atoms with E-state index in [9.17, 15) is 9.59 Å². The molecule has 2 aliphatic heterocycles. The van der Waals surface area contributed by atoms with Crippen molar-refractivity contribution in [2.24, 2.45) is 5.92 Å². The summed E-state index contributed by atoms with van der Waals surface area (Å²) in [5.41, 5.74) is 3.66. The third kappa shape index (κ3) is 6.21. The number of nitrogens with one attached hydrogen (secondary N) is 1. The van der Waals surface area contributed by atoms with Crippen molar-refractivity contribution in [2.75, 3.05) is 46.3 Å². The van der Waals surface area contributed by atoms with Gasteiger partial charge < -0.3 is 15.1 Å². The molecular formula is C27H36N4O2. The van der Waals surface area contributed by atoms with Crippen molar-refractivity contribution in [1.82, 2.24) is 20.0 Å². The molecule has 6 heteroatoms. The Bertz CT molecular complexity index is 931. The lowest BCUT2D eigenvalue weighted by Gasteiger charge is -2.40. The Hall–Kier alpha value is -2.70. The normalized spacial score (nSPS) is 22.0. The molecular weight excluding hydrogens is 412 g/mol.